The van der Waals surface area contributed by atoms with Gasteiger partial charge in [-0.25, -0.2) is 0 Å². The second-order valence-electron chi connectivity index (χ2n) is 3.99. The molecule has 4 nitrogen and oxygen atoms in total. The summed E-state index contributed by atoms with van der Waals surface area (Å²) < 4.78 is 0. The van der Waals surface area contributed by atoms with E-state index in [1.807, 2.05) is 6.92 Å². The van der Waals surface area contributed by atoms with E-state index in [-0.39, 0.29) is 11.9 Å². The third kappa shape index (κ3) is 3.63. The Labute approximate surface area is 79.2 Å². The van der Waals surface area contributed by atoms with Crippen LogP contribution in [0.15, 0.2) is 5.16 Å². The maximum absolute atomic E-state index is 8.44. The van der Waals surface area contributed by atoms with Crippen LogP contribution in [0, 0.1) is 5.92 Å². The van der Waals surface area contributed by atoms with Gasteiger partial charge in [-0.1, -0.05) is 18.0 Å². The molecule has 4 heteroatoms. The Hall–Kier alpha value is -0.770. The Kier molecular flexibility index (Phi) is 3.54. The van der Waals surface area contributed by atoms with E-state index >= 15 is 0 Å². The molecule has 0 aliphatic heterocycles. The average molecular weight is 185 g/mol. The number of nitrogens with zero attached hydrogens (tertiary/aromatic N) is 1. The van der Waals surface area contributed by atoms with Crippen molar-refractivity contribution in [3.8, 4) is 0 Å². The van der Waals surface area contributed by atoms with Gasteiger partial charge in [0.2, 0.25) is 0 Å². The first kappa shape index (κ1) is 10.3. The summed E-state index contributed by atoms with van der Waals surface area (Å²) in [6.07, 6.45) is 3.93. The average Bonchev–Trinajstić information content (AvgIpc) is 2.86. The van der Waals surface area contributed by atoms with Gasteiger partial charge in [0.1, 0.15) is 0 Å². The highest BCUT2D eigenvalue weighted by Crippen LogP contribution is 2.33. The standard InChI is InChI=1S/C9H19N3O/c1-6(5-8-3-4-8)11-7(2)9(10)12-13/h6-8,11,13H,3-5H2,1-2H3,(H2,10,12). The molecule has 76 valence electrons. The molecular weight excluding hydrogens is 166 g/mol. The van der Waals surface area contributed by atoms with Crippen LogP contribution in [-0.2, 0) is 0 Å². The van der Waals surface area contributed by atoms with Gasteiger partial charge < -0.3 is 16.3 Å². The topological polar surface area (TPSA) is 70.6 Å². The van der Waals surface area contributed by atoms with E-state index in [1.54, 1.807) is 0 Å². The Bertz CT molecular complexity index is 189. The Morgan fingerprint density at radius 1 is 1.62 bits per heavy atom. The van der Waals surface area contributed by atoms with E-state index in [0.717, 1.165) is 5.92 Å². The predicted molar refractivity (Wildman–Crippen MR) is 52.8 cm³/mol. The molecule has 0 saturated heterocycles. The van der Waals surface area contributed by atoms with Gasteiger partial charge in [0.25, 0.3) is 0 Å². The van der Waals surface area contributed by atoms with E-state index in [1.165, 1.54) is 19.3 Å². The summed E-state index contributed by atoms with van der Waals surface area (Å²) >= 11 is 0. The van der Waals surface area contributed by atoms with Crippen molar-refractivity contribution in [2.75, 3.05) is 0 Å². The second-order valence-corrected chi connectivity index (χ2v) is 3.99. The van der Waals surface area contributed by atoms with Crippen molar-refractivity contribution in [3.63, 3.8) is 0 Å². The lowest BCUT2D eigenvalue weighted by molar-refractivity contribution is 0.314. The SMILES string of the molecule is CC(CC1CC1)NC(C)C(N)=NO. The molecule has 0 spiro atoms. The van der Waals surface area contributed by atoms with Crippen molar-refractivity contribution in [1.82, 2.24) is 5.32 Å². The molecule has 1 aliphatic rings. The van der Waals surface area contributed by atoms with Gasteiger partial charge in [0, 0.05) is 6.04 Å². The molecule has 0 heterocycles. The quantitative estimate of drug-likeness (QED) is 0.258. The zero-order chi connectivity index (χ0) is 9.84. The van der Waals surface area contributed by atoms with Crippen molar-refractivity contribution in [2.24, 2.45) is 16.8 Å². The fourth-order valence-electron chi connectivity index (χ4n) is 1.52. The highest BCUT2D eigenvalue weighted by atomic mass is 16.4. The minimum Gasteiger partial charge on any atom is -0.409 e. The lowest BCUT2D eigenvalue weighted by Crippen LogP contribution is -2.43. The normalized spacial score (nSPS) is 22.8. The van der Waals surface area contributed by atoms with Crippen molar-refractivity contribution >= 4 is 5.84 Å². The van der Waals surface area contributed by atoms with Crippen LogP contribution in [0.2, 0.25) is 0 Å². The van der Waals surface area contributed by atoms with Crippen molar-refractivity contribution in [1.29, 1.82) is 0 Å². The zero-order valence-corrected chi connectivity index (χ0v) is 8.33. The van der Waals surface area contributed by atoms with Gasteiger partial charge in [-0.3, -0.25) is 0 Å². The van der Waals surface area contributed by atoms with Crippen LogP contribution < -0.4 is 11.1 Å². The fourth-order valence-corrected chi connectivity index (χ4v) is 1.52. The Morgan fingerprint density at radius 3 is 2.69 bits per heavy atom. The molecule has 0 aromatic carbocycles. The van der Waals surface area contributed by atoms with Crippen LogP contribution in [0.5, 0.6) is 0 Å². The zero-order valence-electron chi connectivity index (χ0n) is 8.33. The smallest absolute Gasteiger partial charge is 0.156 e. The van der Waals surface area contributed by atoms with Crippen molar-refractivity contribution in [2.45, 2.75) is 45.2 Å². The summed E-state index contributed by atoms with van der Waals surface area (Å²) in [5, 5.41) is 14.7. The van der Waals surface area contributed by atoms with Gasteiger partial charge in [-0.05, 0) is 26.2 Å². The molecule has 0 radical (unpaired) electrons. The van der Waals surface area contributed by atoms with Crippen molar-refractivity contribution < 1.29 is 5.21 Å². The third-order valence-corrected chi connectivity index (χ3v) is 2.48. The summed E-state index contributed by atoms with van der Waals surface area (Å²) in [4.78, 5) is 0. The number of oxime groups is 1. The van der Waals surface area contributed by atoms with Crippen LogP contribution >= 0.6 is 0 Å². The first-order chi connectivity index (χ1) is 6.13. The number of hydrogen-bond donors (Lipinski definition) is 3. The van der Waals surface area contributed by atoms with Crippen LogP contribution in [-0.4, -0.2) is 23.1 Å². The summed E-state index contributed by atoms with van der Waals surface area (Å²) in [5.74, 6) is 1.16. The van der Waals surface area contributed by atoms with E-state index in [9.17, 15) is 0 Å². The van der Waals surface area contributed by atoms with E-state index in [0.29, 0.717) is 6.04 Å². The first-order valence-corrected chi connectivity index (χ1v) is 4.87. The number of nitrogens with one attached hydrogen (secondary N) is 1. The number of nitrogens with two attached hydrogens (primary N) is 1. The summed E-state index contributed by atoms with van der Waals surface area (Å²) in [6.45, 7) is 4.04. The summed E-state index contributed by atoms with van der Waals surface area (Å²) in [7, 11) is 0. The maximum Gasteiger partial charge on any atom is 0.156 e. The minimum absolute atomic E-state index is 0.0428. The molecule has 2 unspecified atom stereocenters. The van der Waals surface area contributed by atoms with Gasteiger partial charge in [-0.2, -0.15) is 0 Å². The van der Waals surface area contributed by atoms with Crippen LogP contribution in [0.25, 0.3) is 0 Å². The molecule has 0 aromatic heterocycles. The van der Waals surface area contributed by atoms with Gasteiger partial charge in [-0.15, -0.1) is 0 Å². The van der Waals surface area contributed by atoms with E-state index < -0.39 is 0 Å². The fraction of sp³-hybridized carbons (Fsp3) is 0.889. The summed E-state index contributed by atoms with van der Waals surface area (Å²) in [5.41, 5.74) is 5.45. The molecule has 4 N–H and O–H groups in total. The lowest BCUT2D eigenvalue weighted by atomic mass is 10.1. The highest BCUT2D eigenvalue weighted by molar-refractivity contribution is 5.84. The lowest BCUT2D eigenvalue weighted by Gasteiger charge is -2.18. The molecule has 1 fully saturated rings. The van der Waals surface area contributed by atoms with Gasteiger partial charge in [0.05, 0.1) is 6.04 Å². The predicted octanol–water partition coefficient (Wildman–Crippen LogP) is 0.900. The van der Waals surface area contributed by atoms with Gasteiger partial charge in [0.15, 0.2) is 5.84 Å². The first-order valence-electron chi connectivity index (χ1n) is 4.87. The number of amidine groups is 1. The third-order valence-electron chi connectivity index (χ3n) is 2.48. The number of rotatable bonds is 5. The largest absolute Gasteiger partial charge is 0.409 e. The molecule has 0 bridgehead atoms. The van der Waals surface area contributed by atoms with E-state index in [2.05, 4.69) is 17.4 Å². The number of hydrogen-bond acceptors (Lipinski definition) is 3. The molecule has 0 aromatic rings. The molecule has 2 atom stereocenters. The second kappa shape index (κ2) is 4.46. The van der Waals surface area contributed by atoms with Crippen LogP contribution in [0.3, 0.4) is 0 Å². The van der Waals surface area contributed by atoms with Crippen LogP contribution in [0.4, 0.5) is 0 Å². The van der Waals surface area contributed by atoms with Crippen LogP contribution in [0.1, 0.15) is 33.1 Å². The van der Waals surface area contributed by atoms with Gasteiger partial charge >= 0.3 is 0 Å². The van der Waals surface area contributed by atoms with E-state index in [4.69, 9.17) is 10.9 Å². The maximum atomic E-state index is 8.44. The highest BCUT2D eigenvalue weighted by Gasteiger charge is 2.24. The molecule has 1 aliphatic carbocycles. The molecule has 0 amide bonds. The Morgan fingerprint density at radius 2 is 2.23 bits per heavy atom. The summed E-state index contributed by atoms with van der Waals surface area (Å²) in [6, 6.07) is 0.404. The monoisotopic (exact) mass is 185 g/mol. The molecule has 1 rings (SSSR count). The van der Waals surface area contributed by atoms with Crippen molar-refractivity contribution in [3.05, 3.63) is 0 Å². The minimum atomic E-state index is -0.0428. The molecular formula is C9H19N3O. The Balaban J connectivity index is 2.21. The molecule has 1 saturated carbocycles. The molecule has 13 heavy (non-hydrogen) atoms.